The van der Waals surface area contributed by atoms with E-state index in [1.165, 1.54) is 0 Å². The summed E-state index contributed by atoms with van der Waals surface area (Å²) < 4.78 is 21.4. The normalized spacial score (nSPS) is 13.8. The van der Waals surface area contributed by atoms with Crippen molar-refractivity contribution >= 4 is 83.4 Å². The van der Waals surface area contributed by atoms with Gasteiger partial charge in [-0.05, 0) is 67.8 Å². The average Bonchev–Trinajstić information content (AvgIpc) is 2.71. The molecule has 0 heterocycles. The van der Waals surface area contributed by atoms with Gasteiger partial charge in [0, 0.05) is 0 Å². The van der Waals surface area contributed by atoms with Crippen molar-refractivity contribution in [2.45, 2.75) is 70.8 Å². The third-order valence-corrected chi connectivity index (χ3v) is 24.5. The number of halogens is 3. The summed E-state index contributed by atoms with van der Waals surface area (Å²) in [4.78, 5) is 0. The molecule has 0 N–H and O–H groups in total. The maximum absolute atomic E-state index is 7.27. The summed E-state index contributed by atoms with van der Waals surface area (Å²) in [6.45, 7) is 15.5. The number of hydrogen-bond donors (Lipinski definition) is 0. The highest BCUT2D eigenvalue weighted by molar-refractivity contribution is 7.64. The number of hydrogen-bond acceptors (Lipinski definition) is 3. The molecule has 0 radical (unpaired) electrons. The first-order chi connectivity index (χ1) is 15.6. The van der Waals surface area contributed by atoms with E-state index >= 15 is 0 Å². The topological polar surface area (TPSA) is 27.7 Å². The molecule has 0 atom stereocenters. The van der Waals surface area contributed by atoms with E-state index < -0.39 is 39.8 Å². The van der Waals surface area contributed by atoms with Crippen molar-refractivity contribution in [1.29, 1.82) is 0 Å². The van der Waals surface area contributed by atoms with E-state index in [4.69, 9.17) is 45.6 Å². The predicted octanol–water partition coefficient (Wildman–Crippen LogP) is 7.47. The van der Waals surface area contributed by atoms with Crippen LogP contribution in [-0.2, 0) is 12.3 Å². The Morgan fingerprint density at radius 1 is 0.588 bits per heavy atom. The number of rotatable bonds is 13. The minimum absolute atomic E-state index is 0.605. The third kappa shape index (κ3) is 9.62. The van der Waals surface area contributed by atoms with Crippen molar-refractivity contribution < 1.29 is 12.3 Å². The highest BCUT2D eigenvalue weighted by atomic mass is 35.8. The van der Waals surface area contributed by atoms with E-state index in [0.717, 1.165) is 28.9 Å². The molecule has 0 aliphatic heterocycles. The second kappa shape index (κ2) is 12.2. The fourth-order valence-corrected chi connectivity index (χ4v) is 28.2. The van der Waals surface area contributed by atoms with Gasteiger partial charge in [-0.1, -0.05) is 74.0 Å². The van der Waals surface area contributed by atoms with Crippen LogP contribution in [0.25, 0.3) is 0 Å². The fourth-order valence-electron chi connectivity index (χ4n) is 4.31. The first-order valence-corrected chi connectivity index (χ1v) is 28.0. The minimum atomic E-state index is -3.06. The lowest BCUT2D eigenvalue weighted by Gasteiger charge is -2.44. The lowest BCUT2D eigenvalue weighted by Crippen LogP contribution is -2.71. The summed E-state index contributed by atoms with van der Waals surface area (Å²) >= 11 is 18.6. The largest absolute Gasteiger partial charge is 0.436 e. The summed E-state index contributed by atoms with van der Waals surface area (Å²) in [7, 11) is -9.88. The summed E-state index contributed by atoms with van der Waals surface area (Å²) in [5.41, 5.74) is 0. The van der Waals surface area contributed by atoms with Crippen LogP contribution in [0.3, 0.4) is 0 Å². The Hall–Kier alpha value is 0.274. The van der Waals surface area contributed by atoms with Crippen molar-refractivity contribution in [3.8, 4) is 0 Å². The summed E-state index contributed by atoms with van der Waals surface area (Å²) in [6, 6.07) is 20.7. The van der Waals surface area contributed by atoms with Gasteiger partial charge in [-0.2, -0.15) is 0 Å². The van der Waals surface area contributed by atoms with Gasteiger partial charge in [0.1, 0.15) is 0 Å². The van der Waals surface area contributed by atoms with E-state index in [1.807, 2.05) is 12.1 Å². The molecule has 2 aromatic carbocycles. The molecule has 0 unspecified atom stereocenters. The molecule has 2 rings (SSSR count). The van der Waals surface area contributed by atoms with Crippen LogP contribution in [-0.4, -0.2) is 39.8 Å². The molecule has 0 aromatic heterocycles. The van der Waals surface area contributed by atoms with Gasteiger partial charge < -0.3 is 12.3 Å². The Kier molecular flexibility index (Phi) is 11.0. The van der Waals surface area contributed by atoms with Crippen molar-refractivity contribution in [2.75, 3.05) is 0 Å². The van der Waals surface area contributed by atoms with Crippen molar-refractivity contribution in [1.82, 2.24) is 0 Å². The van der Waals surface area contributed by atoms with Gasteiger partial charge in [-0.15, -0.1) is 33.2 Å². The molecule has 3 nitrogen and oxygen atoms in total. The smallest absolute Gasteiger partial charge is 0.388 e. The average molecular weight is 610 g/mol. The van der Waals surface area contributed by atoms with Crippen LogP contribution >= 0.6 is 33.2 Å². The van der Waals surface area contributed by atoms with Gasteiger partial charge >= 0.3 is 23.1 Å². The Balaban J connectivity index is 2.54. The van der Waals surface area contributed by atoms with E-state index in [1.54, 1.807) is 0 Å². The van der Waals surface area contributed by atoms with Crippen molar-refractivity contribution in [3.05, 3.63) is 60.7 Å². The monoisotopic (exact) mass is 608 g/mol. The zero-order valence-electron chi connectivity index (χ0n) is 21.5. The maximum atomic E-state index is 7.27. The van der Waals surface area contributed by atoms with Crippen LogP contribution in [0.2, 0.25) is 57.4 Å². The molecule has 0 aliphatic carbocycles. The molecule has 190 valence electrons. The van der Waals surface area contributed by atoms with Gasteiger partial charge in [0.25, 0.3) is 0 Å². The standard InChI is InChI=1S/C23H39Cl3O3Si5/c1-8-19-30(2,3)28-34(22-15-11-9-12-16-22,23-17-13-10-14-18-23)29-32(6,7)27-31(4,5)20-21-33(24,25)26/h9-18H,8,19-21H2,1-7H3. The minimum Gasteiger partial charge on any atom is -0.436 e. The van der Waals surface area contributed by atoms with Crippen LogP contribution in [0.15, 0.2) is 60.7 Å². The molecule has 0 spiro atoms. The van der Waals surface area contributed by atoms with Crippen LogP contribution in [0.1, 0.15) is 13.3 Å². The van der Waals surface area contributed by atoms with Crippen molar-refractivity contribution in [2.24, 2.45) is 0 Å². The number of benzene rings is 2. The molecule has 34 heavy (non-hydrogen) atoms. The first kappa shape index (κ1) is 30.5. The second-order valence-corrected chi connectivity index (χ2v) is 35.4. The Labute approximate surface area is 226 Å². The Morgan fingerprint density at radius 3 is 1.44 bits per heavy atom. The highest BCUT2D eigenvalue weighted by Crippen LogP contribution is 2.33. The van der Waals surface area contributed by atoms with Crippen LogP contribution in [0.5, 0.6) is 0 Å². The Bertz CT molecular complexity index is 854. The van der Waals surface area contributed by atoms with Gasteiger partial charge in [0.2, 0.25) is 0 Å². The third-order valence-electron chi connectivity index (χ3n) is 5.50. The summed E-state index contributed by atoms with van der Waals surface area (Å²) in [6.07, 6.45) is 1.09. The molecular weight excluding hydrogens is 571 g/mol. The van der Waals surface area contributed by atoms with Crippen LogP contribution in [0, 0.1) is 0 Å². The van der Waals surface area contributed by atoms with Gasteiger partial charge in [-0.25, -0.2) is 0 Å². The maximum Gasteiger partial charge on any atom is 0.388 e. The molecular formula is C23H39Cl3O3Si5. The molecule has 0 bridgehead atoms. The Morgan fingerprint density at radius 2 is 1.03 bits per heavy atom. The SMILES string of the molecule is CCC[Si](C)(C)O[Si](O[Si](C)(C)O[Si](C)(C)CC[Si](Cl)(Cl)Cl)(c1ccccc1)c1ccccc1. The van der Waals surface area contributed by atoms with Gasteiger partial charge in [0.15, 0.2) is 16.6 Å². The lowest BCUT2D eigenvalue weighted by molar-refractivity contribution is 0.340. The quantitative estimate of drug-likeness (QED) is 0.174. The van der Waals surface area contributed by atoms with E-state index in [9.17, 15) is 0 Å². The van der Waals surface area contributed by atoms with E-state index in [2.05, 4.69) is 94.7 Å². The van der Waals surface area contributed by atoms with Crippen LogP contribution < -0.4 is 10.4 Å². The van der Waals surface area contributed by atoms with Crippen LogP contribution in [0.4, 0.5) is 0 Å². The van der Waals surface area contributed by atoms with Gasteiger partial charge in [-0.3, -0.25) is 0 Å². The van der Waals surface area contributed by atoms with E-state index in [-0.39, 0.29) is 0 Å². The molecule has 0 saturated heterocycles. The van der Waals surface area contributed by atoms with Crippen molar-refractivity contribution in [3.63, 3.8) is 0 Å². The van der Waals surface area contributed by atoms with E-state index in [0.29, 0.717) is 6.04 Å². The zero-order valence-corrected chi connectivity index (χ0v) is 28.7. The molecule has 0 aliphatic rings. The zero-order chi connectivity index (χ0) is 25.7. The molecule has 0 amide bonds. The summed E-state index contributed by atoms with van der Waals surface area (Å²) in [5.74, 6) is 0. The van der Waals surface area contributed by atoms with Gasteiger partial charge in [0.05, 0.1) is 0 Å². The molecule has 11 heteroatoms. The highest BCUT2D eigenvalue weighted by Gasteiger charge is 2.52. The molecule has 0 saturated carbocycles. The fraction of sp³-hybridized carbons (Fsp3) is 0.478. The summed E-state index contributed by atoms with van der Waals surface area (Å²) in [5, 5.41) is 2.24. The first-order valence-electron chi connectivity index (χ1n) is 11.9. The molecule has 0 fully saturated rings. The second-order valence-electron chi connectivity index (χ2n) is 10.4. The lowest BCUT2D eigenvalue weighted by atomic mass is 10.4. The molecule has 2 aromatic rings. The predicted molar refractivity (Wildman–Crippen MR) is 162 cm³/mol.